The molecule has 2 heterocycles. The Morgan fingerprint density at radius 3 is 2.64 bits per heavy atom. The largest absolute Gasteiger partial charge is 0.390 e. The van der Waals surface area contributed by atoms with Gasteiger partial charge < -0.3 is 15.3 Å². The molecule has 0 spiro atoms. The van der Waals surface area contributed by atoms with Crippen molar-refractivity contribution in [2.45, 2.75) is 91.0 Å². The van der Waals surface area contributed by atoms with Crippen LogP contribution in [-0.2, 0) is 16.1 Å². The van der Waals surface area contributed by atoms with E-state index in [2.05, 4.69) is 17.3 Å². The molecule has 0 radical (unpaired) electrons. The highest BCUT2D eigenvalue weighted by atomic mass is 16.3. The minimum absolute atomic E-state index is 0.00739. The molecule has 1 aromatic heterocycles. The Kier molecular flexibility index (Phi) is 5.58. The van der Waals surface area contributed by atoms with E-state index in [1.807, 2.05) is 31.7 Å². The van der Waals surface area contributed by atoms with Crippen molar-refractivity contribution in [2.75, 3.05) is 6.54 Å². The number of amides is 2. The minimum atomic E-state index is -0.837. The van der Waals surface area contributed by atoms with Crippen molar-refractivity contribution in [3.8, 4) is 0 Å². The Bertz CT molecular complexity index is 757. The van der Waals surface area contributed by atoms with E-state index in [0.29, 0.717) is 13.0 Å². The summed E-state index contributed by atoms with van der Waals surface area (Å²) in [6.07, 6.45) is 4.27. The fourth-order valence-electron chi connectivity index (χ4n) is 5.27. The summed E-state index contributed by atoms with van der Waals surface area (Å²) in [7, 11) is 0. The summed E-state index contributed by atoms with van der Waals surface area (Å²) in [5, 5.41) is 18.6. The maximum atomic E-state index is 13.4. The first-order valence-corrected chi connectivity index (χ1v) is 10.3. The molecule has 2 fully saturated rings. The van der Waals surface area contributed by atoms with Crippen LogP contribution in [-0.4, -0.2) is 55.8 Å². The molecule has 156 valence electrons. The molecule has 2 N–H and O–H groups in total. The molecule has 2 aliphatic rings. The van der Waals surface area contributed by atoms with E-state index in [1.165, 1.54) is 6.92 Å². The molecular formula is C21H34N4O3. The number of nitrogens with zero attached hydrogens (tertiary/aromatic N) is 3. The lowest BCUT2D eigenvalue weighted by atomic mass is 9.67. The topological polar surface area (TPSA) is 87.5 Å². The number of aromatic nitrogens is 2. The molecular weight excluding hydrogens is 356 g/mol. The maximum Gasteiger partial charge on any atom is 0.244 e. The SMILES string of the molecule is CC(=O)NC[C@H]1C[C@]2(C)[C@@H](CCCC[C@]2(C)O)N1C(=O)Cn1nc(C)cc1C. The van der Waals surface area contributed by atoms with Crippen LogP contribution in [0.5, 0.6) is 0 Å². The van der Waals surface area contributed by atoms with E-state index in [1.54, 1.807) is 4.68 Å². The fraction of sp³-hybridized carbons (Fsp3) is 0.762. The van der Waals surface area contributed by atoms with Crippen molar-refractivity contribution in [1.82, 2.24) is 20.0 Å². The van der Waals surface area contributed by atoms with Crippen molar-refractivity contribution in [2.24, 2.45) is 5.41 Å². The second kappa shape index (κ2) is 7.50. The highest BCUT2D eigenvalue weighted by Gasteiger charge is 2.59. The standard InChI is InChI=1S/C21H34N4O3/c1-14-10-15(2)24(23-14)13-19(27)25-17(12-22-16(3)26)11-20(4)18(25)8-6-7-9-21(20,5)28/h10,17-18,28H,6-9,11-13H2,1-5H3,(H,22,26)/t17-,18-,20-,21+/m1/s1. The molecule has 7 heteroatoms. The van der Waals surface area contributed by atoms with Gasteiger partial charge in [0.15, 0.2) is 0 Å². The Morgan fingerprint density at radius 1 is 1.32 bits per heavy atom. The Labute approximate surface area is 167 Å². The van der Waals surface area contributed by atoms with Gasteiger partial charge >= 0.3 is 0 Å². The van der Waals surface area contributed by atoms with Crippen molar-refractivity contribution in [1.29, 1.82) is 0 Å². The van der Waals surface area contributed by atoms with Crippen LogP contribution in [0.1, 0.15) is 64.3 Å². The van der Waals surface area contributed by atoms with Crippen molar-refractivity contribution < 1.29 is 14.7 Å². The van der Waals surface area contributed by atoms with Crippen LogP contribution >= 0.6 is 0 Å². The highest BCUT2D eigenvalue weighted by molar-refractivity contribution is 5.78. The van der Waals surface area contributed by atoms with Gasteiger partial charge in [-0.1, -0.05) is 19.8 Å². The molecule has 1 aromatic rings. The van der Waals surface area contributed by atoms with Gasteiger partial charge in [0.2, 0.25) is 11.8 Å². The van der Waals surface area contributed by atoms with Gasteiger partial charge in [-0.3, -0.25) is 14.3 Å². The van der Waals surface area contributed by atoms with Gasteiger partial charge in [-0.15, -0.1) is 0 Å². The summed E-state index contributed by atoms with van der Waals surface area (Å²) in [5.74, 6) is -0.0945. The summed E-state index contributed by atoms with van der Waals surface area (Å²) >= 11 is 0. The fourth-order valence-corrected chi connectivity index (χ4v) is 5.27. The average molecular weight is 391 g/mol. The molecule has 7 nitrogen and oxygen atoms in total. The van der Waals surface area contributed by atoms with Crippen molar-refractivity contribution >= 4 is 11.8 Å². The van der Waals surface area contributed by atoms with E-state index in [9.17, 15) is 14.7 Å². The van der Waals surface area contributed by atoms with E-state index in [0.717, 1.165) is 37.1 Å². The summed E-state index contributed by atoms with van der Waals surface area (Å²) in [6.45, 7) is 9.99. The number of nitrogens with one attached hydrogen (secondary N) is 1. The predicted molar refractivity (Wildman–Crippen MR) is 107 cm³/mol. The first kappa shape index (κ1) is 20.8. The predicted octanol–water partition coefficient (Wildman–Crippen LogP) is 1.94. The quantitative estimate of drug-likeness (QED) is 0.822. The lowest BCUT2D eigenvalue weighted by Crippen LogP contribution is -2.53. The van der Waals surface area contributed by atoms with Crippen molar-refractivity contribution in [3.05, 3.63) is 17.5 Å². The zero-order valence-electron chi connectivity index (χ0n) is 17.8. The maximum absolute atomic E-state index is 13.4. The number of hydrogen-bond acceptors (Lipinski definition) is 4. The number of aliphatic hydroxyl groups is 1. The molecule has 2 amide bonds. The van der Waals surface area contributed by atoms with Crippen LogP contribution in [0.2, 0.25) is 0 Å². The Morgan fingerprint density at radius 2 is 2.04 bits per heavy atom. The molecule has 0 unspecified atom stereocenters. The lowest BCUT2D eigenvalue weighted by Gasteiger charge is -2.43. The lowest BCUT2D eigenvalue weighted by molar-refractivity contribution is -0.138. The number of carbonyl (C=O) groups excluding carboxylic acids is 2. The van der Waals surface area contributed by atoms with Gasteiger partial charge in [0.25, 0.3) is 0 Å². The van der Waals surface area contributed by atoms with E-state index < -0.39 is 11.0 Å². The number of fused-ring (bicyclic) bond motifs is 1. The van der Waals surface area contributed by atoms with Crippen LogP contribution in [0.25, 0.3) is 0 Å². The Balaban J connectivity index is 1.92. The molecule has 0 bridgehead atoms. The zero-order valence-corrected chi connectivity index (χ0v) is 17.8. The highest BCUT2D eigenvalue weighted by Crippen LogP contribution is 2.53. The summed E-state index contributed by atoms with van der Waals surface area (Å²) < 4.78 is 1.75. The van der Waals surface area contributed by atoms with Gasteiger partial charge in [0.05, 0.1) is 17.3 Å². The number of aryl methyl sites for hydroxylation is 2. The second-order valence-corrected chi connectivity index (χ2v) is 9.13. The average Bonchev–Trinajstić information content (AvgIpc) is 3.03. The number of hydrogen-bond donors (Lipinski definition) is 2. The molecule has 4 atom stereocenters. The Hall–Kier alpha value is -1.89. The molecule has 1 aliphatic heterocycles. The third kappa shape index (κ3) is 3.69. The third-order valence-electron chi connectivity index (χ3n) is 7.01. The van der Waals surface area contributed by atoms with E-state index in [4.69, 9.17) is 0 Å². The molecule has 1 saturated heterocycles. The molecule has 1 aliphatic carbocycles. The summed E-state index contributed by atoms with van der Waals surface area (Å²) in [4.78, 5) is 26.9. The van der Waals surface area contributed by atoms with Crippen LogP contribution in [0, 0.1) is 19.3 Å². The smallest absolute Gasteiger partial charge is 0.244 e. The van der Waals surface area contributed by atoms with Crippen LogP contribution < -0.4 is 5.32 Å². The van der Waals surface area contributed by atoms with Crippen LogP contribution in [0.3, 0.4) is 0 Å². The van der Waals surface area contributed by atoms with Gasteiger partial charge in [0.1, 0.15) is 6.54 Å². The van der Waals surface area contributed by atoms with Gasteiger partial charge in [-0.2, -0.15) is 5.10 Å². The van der Waals surface area contributed by atoms with Crippen LogP contribution in [0.4, 0.5) is 0 Å². The van der Waals surface area contributed by atoms with Crippen LogP contribution in [0.15, 0.2) is 6.07 Å². The molecule has 3 rings (SSSR count). The molecule has 28 heavy (non-hydrogen) atoms. The monoisotopic (exact) mass is 390 g/mol. The van der Waals surface area contributed by atoms with Gasteiger partial charge in [0, 0.05) is 30.6 Å². The molecule has 0 aromatic carbocycles. The van der Waals surface area contributed by atoms with Gasteiger partial charge in [-0.25, -0.2) is 0 Å². The first-order valence-electron chi connectivity index (χ1n) is 10.3. The number of likely N-dealkylation sites (tertiary alicyclic amines) is 1. The minimum Gasteiger partial charge on any atom is -0.390 e. The van der Waals surface area contributed by atoms with Crippen molar-refractivity contribution in [3.63, 3.8) is 0 Å². The molecule has 1 saturated carbocycles. The van der Waals surface area contributed by atoms with E-state index >= 15 is 0 Å². The van der Waals surface area contributed by atoms with E-state index in [-0.39, 0.29) is 30.4 Å². The number of carbonyl (C=O) groups is 2. The zero-order chi connectivity index (χ0) is 20.7. The second-order valence-electron chi connectivity index (χ2n) is 9.13. The third-order valence-corrected chi connectivity index (χ3v) is 7.01. The summed E-state index contributed by atoms with van der Waals surface area (Å²) in [6, 6.07) is 1.81. The normalized spacial score (nSPS) is 32.7. The first-order chi connectivity index (χ1) is 13.0. The van der Waals surface area contributed by atoms with Gasteiger partial charge in [-0.05, 0) is 46.1 Å². The number of rotatable bonds is 4. The summed E-state index contributed by atoms with van der Waals surface area (Å²) in [5.41, 5.74) is 0.621.